The van der Waals surface area contributed by atoms with Gasteiger partial charge in [0.25, 0.3) is 0 Å². The molecule has 0 atom stereocenters. The van der Waals surface area contributed by atoms with Gasteiger partial charge in [-0.25, -0.2) is 0 Å². The Bertz CT molecular complexity index is 378. The van der Waals surface area contributed by atoms with Gasteiger partial charge in [0.05, 0.1) is 9.91 Å². The van der Waals surface area contributed by atoms with Crippen LogP contribution in [0, 0.1) is 0 Å². The van der Waals surface area contributed by atoms with E-state index in [4.69, 9.17) is 0 Å². The molecular formula is C12H15NOS2. The molecule has 1 aliphatic heterocycles. The summed E-state index contributed by atoms with van der Waals surface area (Å²) < 4.78 is 0. The maximum Gasteiger partial charge on any atom is 0.198 e. The number of thioether (sulfide) groups is 1. The van der Waals surface area contributed by atoms with E-state index in [9.17, 15) is 4.79 Å². The lowest BCUT2D eigenvalue weighted by atomic mass is 10.3. The summed E-state index contributed by atoms with van der Waals surface area (Å²) >= 11 is 3.17. The van der Waals surface area contributed by atoms with Gasteiger partial charge in [-0.1, -0.05) is 6.07 Å². The number of carbonyl (C=O) groups is 1. The molecule has 0 bridgehead atoms. The lowest BCUT2D eigenvalue weighted by molar-refractivity contribution is 0.104. The van der Waals surface area contributed by atoms with Gasteiger partial charge in [0.1, 0.15) is 0 Å². The van der Waals surface area contributed by atoms with Crippen LogP contribution in [0.3, 0.4) is 0 Å². The van der Waals surface area contributed by atoms with Crippen molar-refractivity contribution < 1.29 is 4.79 Å². The molecule has 1 aromatic heterocycles. The van der Waals surface area contributed by atoms with Crippen LogP contribution < -0.4 is 0 Å². The molecule has 1 saturated heterocycles. The van der Waals surface area contributed by atoms with Gasteiger partial charge in [0.2, 0.25) is 0 Å². The third-order valence-electron chi connectivity index (χ3n) is 2.65. The Balaban J connectivity index is 2.11. The van der Waals surface area contributed by atoms with E-state index in [-0.39, 0.29) is 5.78 Å². The van der Waals surface area contributed by atoms with Crippen LogP contribution >= 0.6 is 23.1 Å². The average Bonchev–Trinajstić information content (AvgIpc) is 2.96. The highest BCUT2D eigenvalue weighted by Gasteiger charge is 2.15. The van der Waals surface area contributed by atoms with E-state index in [0.29, 0.717) is 0 Å². The van der Waals surface area contributed by atoms with E-state index in [0.717, 1.165) is 23.0 Å². The zero-order valence-corrected chi connectivity index (χ0v) is 10.9. The molecule has 4 heteroatoms. The zero-order chi connectivity index (χ0) is 11.4. The largest absolute Gasteiger partial charge is 0.366 e. The van der Waals surface area contributed by atoms with Crippen molar-refractivity contribution in [3.05, 3.63) is 33.5 Å². The first-order valence-electron chi connectivity index (χ1n) is 5.40. The second-order valence-electron chi connectivity index (χ2n) is 3.72. The number of ketones is 1. The smallest absolute Gasteiger partial charge is 0.198 e. The summed E-state index contributed by atoms with van der Waals surface area (Å²) in [5.41, 5.74) is 0. The first-order valence-corrected chi connectivity index (χ1v) is 7.50. The third-order valence-corrected chi connectivity index (χ3v) is 4.32. The van der Waals surface area contributed by atoms with E-state index in [1.807, 2.05) is 23.8 Å². The monoisotopic (exact) mass is 253 g/mol. The average molecular weight is 253 g/mol. The maximum absolute atomic E-state index is 11.9. The molecule has 2 nitrogen and oxygen atoms in total. The van der Waals surface area contributed by atoms with Crippen LogP contribution in [0.5, 0.6) is 0 Å². The standard InChI is InChI=1S/C12H15NOS2/c1-15-12(13-6-2-3-7-13)9-10(14)11-5-4-8-16-11/h4-5,8-9H,2-3,6-7H2,1H3/b12-9-. The van der Waals surface area contributed by atoms with Crippen molar-refractivity contribution in [1.29, 1.82) is 0 Å². The Labute approximate surface area is 104 Å². The van der Waals surface area contributed by atoms with E-state index >= 15 is 0 Å². The van der Waals surface area contributed by atoms with E-state index in [1.165, 1.54) is 24.2 Å². The fraction of sp³-hybridized carbons (Fsp3) is 0.417. The quantitative estimate of drug-likeness (QED) is 0.607. The summed E-state index contributed by atoms with van der Waals surface area (Å²) in [4.78, 5) is 15.1. The first kappa shape index (κ1) is 11.7. The maximum atomic E-state index is 11.9. The van der Waals surface area contributed by atoms with Crippen LogP contribution in [-0.2, 0) is 0 Å². The number of thiophene rings is 1. The fourth-order valence-corrected chi connectivity index (χ4v) is 3.12. The van der Waals surface area contributed by atoms with Crippen LogP contribution in [0.4, 0.5) is 0 Å². The molecule has 0 saturated carbocycles. The molecule has 2 heterocycles. The minimum absolute atomic E-state index is 0.131. The summed E-state index contributed by atoms with van der Waals surface area (Å²) in [5.74, 6) is 0.131. The van der Waals surface area contributed by atoms with Crippen LogP contribution in [0.15, 0.2) is 28.6 Å². The highest BCUT2D eigenvalue weighted by molar-refractivity contribution is 8.02. The van der Waals surface area contributed by atoms with Crippen molar-refractivity contribution in [2.75, 3.05) is 19.3 Å². The summed E-state index contributed by atoms with van der Waals surface area (Å²) in [6.45, 7) is 2.18. The molecule has 1 aliphatic rings. The molecule has 0 radical (unpaired) electrons. The van der Waals surface area contributed by atoms with Crippen LogP contribution in [-0.4, -0.2) is 30.0 Å². The lowest BCUT2D eigenvalue weighted by Gasteiger charge is -2.19. The van der Waals surface area contributed by atoms with Gasteiger partial charge in [-0.15, -0.1) is 23.1 Å². The van der Waals surface area contributed by atoms with Crippen molar-refractivity contribution in [1.82, 2.24) is 4.90 Å². The predicted octanol–water partition coefficient (Wildman–Crippen LogP) is 3.23. The number of allylic oxidation sites excluding steroid dienone is 1. The third kappa shape index (κ3) is 2.68. The molecule has 0 aliphatic carbocycles. The molecular weight excluding hydrogens is 238 g/mol. The Morgan fingerprint density at radius 3 is 2.81 bits per heavy atom. The van der Waals surface area contributed by atoms with Gasteiger partial charge in [0.15, 0.2) is 5.78 Å². The normalized spacial score (nSPS) is 16.8. The Morgan fingerprint density at radius 1 is 1.50 bits per heavy atom. The van der Waals surface area contributed by atoms with Crippen LogP contribution in [0.1, 0.15) is 22.5 Å². The molecule has 0 unspecified atom stereocenters. The van der Waals surface area contributed by atoms with Gasteiger partial charge in [-0.05, 0) is 30.5 Å². The molecule has 0 N–H and O–H groups in total. The van der Waals surface area contributed by atoms with E-state index < -0.39 is 0 Å². The minimum Gasteiger partial charge on any atom is -0.366 e. The van der Waals surface area contributed by atoms with Crippen molar-refractivity contribution in [3.63, 3.8) is 0 Å². The minimum atomic E-state index is 0.131. The molecule has 1 fully saturated rings. The van der Waals surface area contributed by atoms with Gasteiger partial charge in [-0.2, -0.15) is 0 Å². The lowest BCUT2D eigenvalue weighted by Crippen LogP contribution is -2.17. The van der Waals surface area contributed by atoms with Gasteiger partial charge < -0.3 is 4.90 Å². The second-order valence-corrected chi connectivity index (χ2v) is 5.50. The first-order chi connectivity index (χ1) is 7.81. The van der Waals surface area contributed by atoms with Gasteiger partial charge >= 0.3 is 0 Å². The molecule has 0 aromatic carbocycles. The van der Waals surface area contributed by atoms with E-state index in [1.54, 1.807) is 17.8 Å². The number of hydrogen-bond donors (Lipinski definition) is 0. The Morgan fingerprint density at radius 2 is 2.25 bits per heavy atom. The van der Waals surface area contributed by atoms with Crippen molar-refractivity contribution in [3.8, 4) is 0 Å². The molecule has 0 spiro atoms. The fourth-order valence-electron chi connectivity index (χ4n) is 1.82. The Hall–Kier alpha value is -0.740. The molecule has 86 valence electrons. The Kier molecular flexibility index (Phi) is 4.07. The highest BCUT2D eigenvalue weighted by Crippen LogP contribution is 2.23. The van der Waals surface area contributed by atoms with Crippen molar-refractivity contribution in [2.24, 2.45) is 0 Å². The number of nitrogens with zero attached hydrogens (tertiary/aromatic N) is 1. The van der Waals surface area contributed by atoms with Crippen molar-refractivity contribution >= 4 is 28.9 Å². The van der Waals surface area contributed by atoms with Crippen LogP contribution in [0.2, 0.25) is 0 Å². The summed E-state index contributed by atoms with van der Waals surface area (Å²) in [6.07, 6.45) is 6.30. The zero-order valence-electron chi connectivity index (χ0n) is 9.31. The van der Waals surface area contributed by atoms with Crippen LogP contribution in [0.25, 0.3) is 0 Å². The number of rotatable bonds is 4. The summed E-state index contributed by atoms with van der Waals surface area (Å²) in [7, 11) is 0. The van der Waals surface area contributed by atoms with Crippen molar-refractivity contribution in [2.45, 2.75) is 12.8 Å². The number of hydrogen-bond acceptors (Lipinski definition) is 4. The van der Waals surface area contributed by atoms with Gasteiger partial charge in [-0.3, -0.25) is 4.79 Å². The molecule has 0 amide bonds. The second kappa shape index (κ2) is 5.55. The van der Waals surface area contributed by atoms with Gasteiger partial charge in [0, 0.05) is 19.2 Å². The molecule has 1 aromatic rings. The summed E-state index contributed by atoms with van der Waals surface area (Å²) in [5, 5.41) is 3.05. The topological polar surface area (TPSA) is 20.3 Å². The molecule has 16 heavy (non-hydrogen) atoms. The molecule has 2 rings (SSSR count). The SMILES string of the molecule is CS/C(=C\C(=O)c1cccs1)N1CCCC1. The number of carbonyl (C=O) groups excluding carboxylic acids is 1. The number of likely N-dealkylation sites (tertiary alicyclic amines) is 1. The highest BCUT2D eigenvalue weighted by atomic mass is 32.2. The van der Waals surface area contributed by atoms with E-state index in [2.05, 4.69) is 4.90 Å². The summed E-state index contributed by atoms with van der Waals surface area (Å²) in [6, 6.07) is 3.80. The predicted molar refractivity (Wildman–Crippen MR) is 71.1 cm³/mol.